The van der Waals surface area contributed by atoms with Crippen LogP contribution in [0, 0.1) is 12.3 Å². The van der Waals surface area contributed by atoms with E-state index in [2.05, 4.69) is 13.8 Å². The Kier molecular flexibility index (Phi) is 4.92. The molecule has 1 fully saturated rings. The fourth-order valence-electron chi connectivity index (χ4n) is 3.54. The van der Waals surface area contributed by atoms with Crippen molar-refractivity contribution < 1.29 is 14.0 Å². The van der Waals surface area contributed by atoms with Gasteiger partial charge in [0.2, 0.25) is 0 Å². The molecule has 6 heteroatoms. The topological polar surface area (TPSA) is 76.5 Å². The van der Waals surface area contributed by atoms with Gasteiger partial charge in [0.15, 0.2) is 11.5 Å². The quantitative estimate of drug-likeness (QED) is 0.852. The monoisotopic (exact) mass is 340 g/mol. The van der Waals surface area contributed by atoms with E-state index in [9.17, 15) is 9.59 Å². The molecular formula is C17H25ClN2O3. The van der Waals surface area contributed by atoms with Crippen LogP contribution in [0.15, 0.2) is 4.42 Å². The Bertz CT molecular complexity index is 636. The van der Waals surface area contributed by atoms with Gasteiger partial charge in [0.1, 0.15) is 5.76 Å². The van der Waals surface area contributed by atoms with Gasteiger partial charge in [-0.05, 0) is 25.2 Å². The molecule has 2 aliphatic rings. The van der Waals surface area contributed by atoms with Crippen LogP contribution in [0.1, 0.15) is 65.3 Å². The highest BCUT2D eigenvalue weighted by Gasteiger charge is 2.38. The molecule has 0 saturated carbocycles. The molecule has 0 radical (unpaired) electrons. The number of hydrogen-bond donors (Lipinski definition) is 1. The van der Waals surface area contributed by atoms with Crippen LogP contribution < -0.4 is 5.73 Å². The van der Waals surface area contributed by atoms with Gasteiger partial charge in [-0.1, -0.05) is 13.8 Å². The summed E-state index contributed by atoms with van der Waals surface area (Å²) in [5, 5.41) is 0. The third-order valence-electron chi connectivity index (χ3n) is 5.10. The molecule has 1 unspecified atom stereocenters. The summed E-state index contributed by atoms with van der Waals surface area (Å²) in [4.78, 5) is 26.7. The van der Waals surface area contributed by atoms with Crippen LogP contribution in [0.5, 0.6) is 0 Å². The van der Waals surface area contributed by atoms with Crippen LogP contribution in [0.2, 0.25) is 0 Å². The third kappa shape index (κ3) is 3.04. The van der Waals surface area contributed by atoms with Crippen LogP contribution in [0.4, 0.5) is 0 Å². The Hall–Kier alpha value is -1.33. The first-order valence-electron chi connectivity index (χ1n) is 8.01. The van der Waals surface area contributed by atoms with Crippen LogP contribution in [0.25, 0.3) is 0 Å². The number of aryl methyl sites for hydroxylation is 1. The Balaban J connectivity index is 0.00000192. The summed E-state index contributed by atoms with van der Waals surface area (Å²) < 4.78 is 5.77. The van der Waals surface area contributed by atoms with Crippen molar-refractivity contribution in [1.29, 1.82) is 0 Å². The van der Waals surface area contributed by atoms with Crippen molar-refractivity contribution in [2.45, 2.75) is 52.5 Å². The number of halogens is 1. The van der Waals surface area contributed by atoms with Crippen molar-refractivity contribution in [2.75, 3.05) is 13.1 Å². The zero-order valence-electron chi connectivity index (χ0n) is 14.0. The van der Waals surface area contributed by atoms with E-state index in [1.54, 1.807) is 0 Å². The molecule has 2 heterocycles. The highest BCUT2D eigenvalue weighted by atomic mass is 35.5. The van der Waals surface area contributed by atoms with E-state index >= 15 is 0 Å². The predicted octanol–water partition coefficient (Wildman–Crippen LogP) is 2.73. The van der Waals surface area contributed by atoms with Crippen LogP contribution in [-0.2, 0) is 6.42 Å². The normalized spacial score (nSPS) is 23.2. The number of piperidine rings is 1. The Labute approximate surface area is 143 Å². The first-order chi connectivity index (χ1) is 10.3. The number of nitrogens with two attached hydrogens (primary N) is 1. The maximum atomic E-state index is 12.8. The van der Waals surface area contributed by atoms with E-state index < -0.39 is 0 Å². The summed E-state index contributed by atoms with van der Waals surface area (Å²) in [7, 11) is 0. The van der Waals surface area contributed by atoms with Crippen molar-refractivity contribution in [3.8, 4) is 0 Å². The molecular weight excluding hydrogens is 316 g/mol. The van der Waals surface area contributed by atoms with Gasteiger partial charge in [0, 0.05) is 37.5 Å². The molecule has 1 aliphatic carbocycles. The summed E-state index contributed by atoms with van der Waals surface area (Å²) in [5.41, 5.74) is 7.38. The van der Waals surface area contributed by atoms with Gasteiger partial charge >= 0.3 is 0 Å². The second-order valence-electron chi connectivity index (χ2n) is 7.24. The number of nitrogens with zero attached hydrogens (tertiary/aromatic N) is 1. The zero-order chi connectivity index (χ0) is 16.1. The molecule has 1 aliphatic heterocycles. The van der Waals surface area contributed by atoms with Crippen molar-refractivity contribution in [3.05, 3.63) is 22.6 Å². The van der Waals surface area contributed by atoms with Crippen molar-refractivity contribution in [2.24, 2.45) is 11.1 Å². The van der Waals surface area contributed by atoms with Crippen molar-refractivity contribution in [1.82, 2.24) is 4.90 Å². The molecule has 1 aromatic rings. The molecule has 3 rings (SSSR count). The minimum Gasteiger partial charge on any atom is -0.455 e. The smallest absolute Gasteiger partial charge is 0.289 e. The Morgan fingerprint density at radius 2 is 2.04 bits per heavy atom. The van der Waals surface area contributed by atoms with Gasteiger partial charge in [-0.25, -0.2) is 0 Å². The lowest BCUT2D eigenvalue weighted by atomic mass is 9.79. The maximum absolute atomic E-state index is 12.8. The van der Waals surface area contributed by atoms with Crippen LogP contribution >= 0.6 is 12.4 Å². The van der Waals surface area contributed by atoms with E-state index in [-0.39, 0.29) is 35.6 Å². The largest absolute Gasteiger partial charge is 0.455 e. The first-order valence-corrected chi connectivity index (χ1v) is 8.01. The summed E-state index contributed by atoms with van der Waals surface area (Å²) >= 11 is 0. The number of carbonyl (C=O) groups is 2. The molecule has 1 atom stereocenters. The SMILES string of the molecule is Cc1c(C(=O)N2CCC(N)C(C)(C)C2)oc2c1C(=O)CCC2.Cl. The fraction of sp³-hybridized carbons (Fsp3) is 0.647. The van der Waals surface area contributed by atoms with E-state index in [1.165, 1.54) is 0 Å². The average Bonchev–Trinajstić information content (AvgIpc) is 2.79. The molecule has 1 aromatic heterocycles. The van der Waals surface area contributed by atoms with E-state index in [0.29, 0.717) is 42.2 Å². The lowest BCUT2D eigenvalue weighted by molar-refractivity contribution is 0.0500. The minimum atomic E-state index is -0.111. The van der Waals surface area contributed by atoms with Crippen LogP contribution in [-0.4, -0.2) is 35.7 Å². The number of amides is 1. The van der Waals surface area contributed by atoms with Gasteiger partial charge in [-0.2, -0.15) is 0 Å². The van der Waals surface area contributed by atoms with E-state index in [1.807, 2.05) is 11.8 Å². The number of hydrogen-bond acceptors (Lipinski definition) is 4. The fourth-order valence-corrected chi connectivity index (χ4v) is 3.54. The number of Topliss-reactive ketones (excluding diaryl/α,β-unsaturated/α-hetero) is 1. The maximum Gasteiger partial charge on any atom is 0.289 e. The lowest BCUT2D eigenvalue weighted by Gasteiger charge is -2.42. The van der Waals surface area contributed by atoms with Crippen molar-refractivity contribution in [3.63, 3.8) is 0 Å². The second kappa shape index (κ2) is 6.29. The summed E-state index contributed by atoms with van der Waals surface area (Å²) in [6.45, 7) is 7.24. The number of likely N-dealkylation sites (tertiary alicyclic amines) is 1. The molecule has 23 heavy (non-hydrogen) atoms. The first kappa shape index (κ1) is 18.0. The molecule has 1 saturated heterocycles. The second-order valence-corrected chi connectivity index (χ2v) is 7.24. The number of fused-ring (bicyclic) bond motifs is 1. The molecule has 1 amide bonds. The molecule has 0 spiro atoms. The molecule has 0 aromatic carbocycles. The highest BCUT2D eigenvalue weighted by Crippen LogP contribution is 2.32. The number of furan rings is 1. The minimum absolute atomic E-state index is 0. The molecule has 2 N–H and O–H groups in total. The highest BCUT2D eigenvalue weighted by molar-refractivity contribution is 6.03. The summed E-state index contributed by atoms with van der Waals surface area (Å²) in [6, 6.07) is 0.101. The van der Waals surface area contributed by atoms with E-state index in [0.717, 1.165) is 19.3 Å². The van der Waals surface area contributed by atoms with Gasteiger partial charge in [0.25, 0.3) is 5.91 Å². The van der Waals surface area contributed by atoms with Gasteiger partial charge in [-0.3, -0.25) is 9.59 Å². The molecule has 5 nitrogen and oxygen atoms in total. The summed E-state index contributed by atoms with van der Waals surface area (Å²) in [5.74, 6) is 1.01. The van der Waals surface area contributed by atoms with Gasteiger partial charge in [-0.15, -0.1) is 12.4 Å². The van der Waals surface area contributed by atoms with Gasteiger partial charge < -0.3 is 15.1 Å². The number of rotatable bonds is 1. The third-order valence-corrected chi connectivity index (χ3v) is 5.10. The van der Waals surface area contributed by atoms with Crippen LogP contribution in [0.3, 0.4) is 0 Å². The standard InChI is InChI=1S/C17H24N2O3.ClH/c1-10-14-11(20)5-4-6-12(14)22-15(10)16(21)19-8-7-13(18)17(2,3)9-19;/h13H,4-9,18H2,1-3H3;1H. The average molecular weight is 341 g/mol. The summed E-state index contributed by atoms with van der Waals surface area (Å²) in [6.07, 6.45) is 2.88. The van der Waals surface area contributed by atoms with Crippen molar-refractivity contribution >= 4 is 24.1 Å². The molecule has 128 valence electrons. The van der Waals surface area contributed by atoms with E-state index in [4.69, 9.17) is 10.2 Å². The Morgan fingerprint density at radius 1 is 1.35 bits per heavy atom. The zero-order valence-corrected chi connectivity index (χ0v) is 14.8. The number of ketones is 1. The predicted molar refractivity (Wildman–Crippen MR) is 90.2 cm³/mol. The van der Waals surface area contributed by atoms with Gasteiger partial charge in [0.05, 0.1) is 5.56 Å². The number of carbonyl (C=O) groups excluding carboxylic acids is 2. The molecule has 0 bridgehead atoms. The Morgan fingerprint density at radius 3 is 2.65 bits per heavy atom. The lowest BCUT2D eigenvalue weighted by Crippen LogP contribution is -2.54.